The lowest BCUT2D eigenvalue weighted by Gasteiger charge is -2.43. The van der Waals surface area contributed by atoms with Crippen molar-refractivity contribution in [1.82, 2.24) is 5.32 Å². The molecule has 3 nitrogen and oxygen atoms in total. The van der Waals surface area contributed by atoms with E-state index in [4.69, 9.17) is 5.73 Å². The molecule has 0 spiro atoms. The van der Waals surface area contributed by atoms with Crippen LogP contribution in [0.2, 0.25) is 0 Å². The molecule has 0 bridgehead atoms. The first kappa shape index (κ1) is 12.9. The van der Waals surface area contributed by atoms with Crippen LogP contribution in [0.25, 0.3) is 0 Å². The Labute approximate surface area is 105 Å². The first-order valence-electron chi connectivity index (χ1n) is 7.21. The second-order valence-corrected chi connectivity index (χ2v) is 5.93. The average Bonchev–Trinajstić information content (AvgIpc) is 2.33. The molecule has 0 aromatic rings. The standard InChI is InChI=1S/C14H26N2O/c1-2-14(8-3-9-14)16-13(17)12-6-4-11(10-15)5-7-12/h11-12H,2-10,15H2,1H3,(H,16,17). The van der Waals surface area contributed by atoms with Crippen molar-refractivity contribution >= 4 is 5.91 Å². The number of amides is 1. The lowest BCUT2D eigenvalue weighted by atomic mass is 9.74. The van der Waals surface area contributed by atoms with Crippen LogP contribution in [0.1, 0.15) is 58.3 Å². The predicted octanol–water partition coefficient (Wildman–Crippen LogP) is 2.20. The third-order valence-electron chi connectivity index (χ3n) is 4.93. The number of carbonyl (C=O) groups excluding carboxylic acids is 1. The maximum absolute atomic E-state index is 12.2. The van der Waals surface area contributed by atoms with Gasteiger partial charge in [0.15, 0.2) is 0 Å². The Morgan fingerprint density at radius 1 is 1.29 bits per heavy atom. The number of nitrogens with one attached hydrogen (secondary N) is 1. The highest BCUT2D eigenvalue weighted by Crippen LogP contribution is 2.36. The summed E-state index contributed by atoms with van der Waals surface area (Å²) in [6.45, 7) is 2.97. The zero-order chi connectivity index (χ0) is 12.3. The fourth-order valence-electron chi connectivity index (χ4n) is 3.19. The minimum atomic E-state index is 0.155. The van der Waals surface area contributed by atoms with Crippen molar-refractivity contribution < 1.29 is 4.79 Å². The Bertz CT molecular complexity index is 260. The molecule has 0 aromatic heterocycles. The van der Waals surface area contributed by atoms with Crippen LogP contribution in [0, 0.1) is 11.8 Å². The van der Waals surface area contributed by atoms with Gasteiger partial charge in [-0.1, -0.05) is 6.92 Å². The Morgan fingerprint density at radius 3 is 2.35 bits per heavy atom. The molecular formula is C14H26N2O. The lowest BCUT2D eigenvalue weighted by Crippen LogP contribution is -2.54. The minimum absolute atomic E-state index is 0.155. The van der Waals surface area contributed by atoms with Gasteiger partial charge in [0.25, 0.3) is 0 Å². The quantitative estimate of drug-likeness (QED) is 0.789. The van der Waals surface area contributed by atoms with Gasteiger partial charge < -0.3 is 11.1 Å². The normalized spacial score (nSPS) is 31.6. The van der Waals surface area contributed by atoms with Crippen molar-refractivity contribution in [2.24, 2.45) is 17.6 Å². The second kappa shape index (κ2) is 5.38. The molecule has 2 aliphatic rings. The second-order valence-electron chi connectivity index (χ2n) is 5.93. The predicted molar refractivity (Wildman–Crippen MR) is 69.5 cm³/mol. The van der Waals surface area contributed by atoms with Crippen LogP contribution in [0.5, 0.6) is 0 Å². The first-order chi connectivity index (χ1) is 8.19. The summed E-state index contributed by atoms with van der Waals surface area (Å²) < 4.78 is 0. The molecule has 0 unspecified atom stereocenters. The fraction of sp³-hybridized carbons (Fsp3) is 0.929. The van der Waals surface area contributed by atoms with Gasteiger partial charge in [-0.15, -0.1) is 0 Å². The fourth-order valence-corrected chi connectivity index (χ4v) is 3.19. The van der Waals surface area contributed by atoms with Gasteiger partial charge in [0.1, 0.15) is 0 Å². The van der Waals surface area contributed by atoms with Crippen molar-refractivity contribution in [3.8, 4) is 0 Å². The van der Waals surface area contributed by atoms with Crippen LogP contribution in [-0.2, 0) is 4.79 Å². The third-order valence-corrected chi connectivity index (χ3v) is 4.93. The summed E-state index contributed by atoms with van der Waals surface area (Å²) >= 11 is 0. The molecule has 0 saturated heterocycles. The Hall–Kier alpha value is -0.570. The van der Waals surface area contributed by atoms with E-state index in [1.807, 2.05) is 0 Å². The summed E-state index contributed by atoms with van der Waals surface area (Å²) in [5, 5.41) is 3.31. The van der Waals surface area contributed by atoms with Crippen LogP contribution in [-0.4, -0.2) is 18.0 Å². The maximum Gasteiger partial charge on any atom is 0.223 e. The highest BCUT2D eigenvalue weighted by atomic mass is 16.2. The Kier molecular flexibility index (Phi) is 4.08. The largest absolute Gasteiger partial charge is 0.350 e. The molecule has 17 heavy (non-hydrogen) atoms. The number of hydrogen-bond donors (Lipinski definition) is 2. The molecule has 0 aliphatic heterocycles. The Balaban J connectivity index is 1.80. The summed E-state index contributed by atoms with van der Waals surface area (Å²) in [6, 6.07) is 0. The minimum Gasteiger partial charge on any atom is -0.350 e. The van der Waals surface area contributed by atoms with Crippen LogP contribution in [0.4, 0.5) is 0 Å². The Morgan fingerprint density at radius 2 is 1.94 bits per heavy atom. The molecular weight excluding hydrogens is 212 g/mol. The van der Waals surface area contributed by atoms with Crippen LogP contribution in [0.3, 0.4) is 0 Å². The van der Waals surface area contributed by atoms with Gasteiger partial charge in [-0.3, -0.25) is 4.79 Å². The molecule has 0 heterocycles. The van der Waals surface area contributed by atoms with Gasteiger partial charge in [-0.25, -0.2) is 0 Å². The molecule has 0 radical (unpaired) electrons. The van der Waals surface area contributed by atoms with Gasteiger partial charge in [0.05, 0.1) is 0 Å². The molecule has 2 saturated carbocycles. The van der Waals surface area contributed by atoms with Crippen molar-refractivity contribution in [2.45, 2.75) is 63.8 Å². The molecule has 2 fully saturated rings. The zero-order valence-electron chi connectivity index (χ0n) is 11.0. The number of carbonyl (C=O) groups is 1. The number of nitrogens with two attached hydrogens (primary N) is 1. The van der Waals surface area contributed by atoms with Crippen molar-refractivity contribution in [3.05, 3.63) is 0 Å². The van der Waals surface area contributed by atoms with E-state index in [9.17, 15) is 4.79 Å². The van der Waals surface area contributed by atoms with Crippen molar-refractivity contribution in [3.63, 3.8) is 0 Å². The van der Waals surface area contributed by atoms with Crippen LogP contribution in [0.15, 0.2) is 0 Å². The van der Waals surface area contributed by atoms with E-state index < -0.39 is 0 Å². The molecule has 98 valence electrons. The van der Waals surface area contributed by atoms with E-state index in [0.717, 1.165) is 38.6 Å². The first-order valence-corrected chi connectivity index (χ1v) is 7.21. The summed E-state index contributed by atoms with van der Waals surface area (Å²) in [7, 11) is 0. The number of rotatable bonds is 4. The van der Waals surface area contributed by atoms with E-state index >= 15 is 0 Å². The highest BCUT2D eigenvalue weighted by Gasteiger charge is 2.38. The maximum atomic E-state index is 12.2. The number of hydrogen-bond acceptors (Lipinski definition) is 2. The summed E-state index contributed by atoms with van der Waals surface area (Å²) in [5.74, 6) is 1.21. The monoisotopic (exact) mass is 238 g/mol. The van der Waals surface area contributed by atoms with E-state index in [-0.39, 0.29) is 11.5 Å². The van der Waals surface area contributed by atoms with Crippen molar-refractivity contribution in [1.29, 1.82) is 0 Å². The van der Waals surface area contributed by atoms with E-state index in [2.05, 4.69) is 12.2 Å². The van der Waals surface area contributed by atoms with E-state index in [0.29, 0.717) is 11.8 Å². The molecule has 2 aliphatic carbocycles. The van der Waals surface area contributed by atoms with Crippen LogP contribution >= 0.6 is 0 Å². The van der Waals surface area contributed by atoms with Gasteiger partial charge >= 0.3 is 0 Å². The van der Waals surface area contributed by atoms with Crippen LogP contribution < -0.4 is 11.1 Å². The molecule has 1 amide bonds. The molecule has 0 atom stereocenters. The van der Waals surface area contributed by atoms with Gasteiger partial charge in [-0.05, 0) is 63.8 Å². The third kappa shape index (κ3) is 2.82. The molecule has 2 rings (SSSR count). The molecule has 0 aromatic carbocycles. The summed E-state index contributed by atoms with van der Waals surface area (Å²) in [5.41, 5.74) is 5.83. The van der Waals surface area contributed by atoms with E-state index in [1.54, 1.807) is 0 Å². The smallest absolute Gasteiger partial charge is 0.223 e. The van der Waals surface area contributed by atoms with Gasteiger partial charge in [-0.2, -0.15) is 0 Å². The SMILES string of the molecule is CCC1(NC(=O)C2CCC(CN)CC2)CCC1. The lowest BCUT2D eigenvalue weighted by molar-refractivity contribution is -0.129. The van der Waals surface area contributed by atoms with Crippen molar-refractivity contribution in [2.75, 3.05) is 6.54 Å². The topological polar surface area (TPSA) is 55.1 Å². The van der Waals surface area contributed by atoms with E-state index in [1.165, 1.54) is 19.3 Å². The molecule has 3 heteroatoms. The molecule has 3 N–H and O–H groups in total. The zero-order valence-corrected chi connectivity index (χ0v) is 11.0. The summed E-state index contributed by atoms with van der Waals surface area (Å²) in [6.07, 6.45) is 9.04. The van der Waals surface area contributed by atoms with Gasteiger partial charge in [0, 0.05) is 11.5 Å². The average molecular weight is 238 g/mol. The summed E-state index contributed by atoms with van der Waals surface area (Å²) in [4.78, 5) is 12.2. The van der Waals surface area contributed by atoms with Gasteiger partial charge in [0.2, 0.25) is 5.91 Å². The highest BCUT2D eigenvalue weighted by molar-refractivity contribution is 5.79.